The number of carbonyl (C=O) groups is 1. The standard InChI is InChI=1S/C10H20O3/c1-3-4-5-6-7-8-9(13-2)10(11)12/h9H,3-8H2,1-2H3,(H,11,12). The molecule has 78 valence electrons. The summed E-state index contributed by atoms with van der Waals surface area (Å²) in [7, 11) is 1.45. The second kappa shape index (κ2) is 8.05. The van der Waals surface area contributed by atoms with E-state index in [1.54, 1.807) is 0 Å². The van der Waals surface area contributed by atoms with Gasteiger partial charge in [0.2, 0.25) is 0 Å². The first-order valence-corrected chi connectivity index (χ1v) is 4.98. The van der Waals surface area contributed by atoms with Crippen LogP contribution in [-0.2, 0) is 9.53 Å². The number of aliphatic carboxylic acids is 1. The fraction of sp³-hybridized carbons (Fsp3) is 0.900. The number of carboxylic acids is 1. The molecule has 0 radical (unpaired) electrons. The van der Waals surface area contributed by atoms with Gasteiger partial charge >= 0.3 is 5.97 Å². The fourth-order valence-electron chi connectivity index (χ4n) is 1.28. The SMILES string of the molecule is CCCCCCCC(OC)C(=O)O. The molecule has 0 aromatic carbocycles. The molecule has 0 aliphatic heterocycles. The molecule has 0 aromatic rings. The smallest absolute Gasteiger partial charge is 0.332 e. The van der Waals surface area contributed by atoms with Crippen LogP contribution >= 0.6 is 0 Å². The summed E-state index contributed by atoms with van der Waals surface area (Å²) in [6.07, 6.45) is 5.74. The molecule has 0 rings (SSSR count). The molecule has 1 N–H and O–H groups in total. The van der Waals surface area contributed by atoms with Gasteiger partial charge < -0.3 is 9.84 Å². The third-order valence-corrected chi connectivity index (χ3v) is 2.13. The second-order valence-electron chi connectivity index (χ2n) is 3.27. The van der Waals surface area contributed by atoms with Gasteiger partial charge in [0.25, 0.3) is 0 Å². The zero-order chi connectivity index (χ0) is 10.1. The van der Waals surface area contributed by atoms with Crippen molar-refractivity contribution in [3.63, 3.8) is 0 Å². The van der Waals surface area contributed by atoms with Gasteiger partial charge in [-0.05, 0) is 6.42 Å². The Labute approximate surface area is 80.1 Å². The molecule has 0 aliphatic carbocycles. The average molecular weight is 188 g/mol. The summed E-state index contributed by atoms with van der Waals surface area (Å²) in [5.74, 6) is -0.849. The van der Waals surface area contributed by atoms with Crippen LogP contribution in [0.5, 0.6) is 0 Å². The van der Waals surface area contributed by atoms with Crippen LogP contribution in [0.2, 0.25) is 0 Å². The number of hydrogen-bond acceptors (Lipinski definition) is 2. The molecule has 0 spiro atoms. The Kier molecular flexibility index (Phi) is 7.69. The normalized spacial score (nSPS) is 12.8. The minimum Gasteiger partial charge on any atom is -0.479 e. The zero-order valence-electron chi connectivity index (χ0n) is 8.58. The number of unbranched alkanes of at least 4 members (excludes halogenated alkanes) is 4. The van der Waals surface area contributed by atoms with Gasteiger partial charge in [0.15, 0.2) is 6.10 Å². The van der Waals surface area contributed by atoms with Gasteiger partial charge in [0, 0.05) is 7.11 Å². The topological polar surface area (TPSA) is 46.5 Å². The molecule has 0 heterocycles. The molecule has 0 bridgehead atoms. The predicted octanol–water partition coefficient (Wildman–Crippen LogP) is 2.45. The monoisotopic (exact) mass is 188 g/mol. The lowest BCUT2D eigenvalue weighted by Crippen LogP contribution is -2.21. The van der Waals surface area contributed by atoms with E-state index in [1.807, 2.05) is 0 Å². The molecule has 0 aliphatic rings. The van der Waals surface area contributed by atoms with Crippen molar-refractivity contribution in [2.75, 3.05) is 7.11 Å². The Morgan fingerprint density at radius 2 is 1.92 bits per heavy atom. The third-order valence-electron chi connectivity index (χ3n) is 2.13. The summed E-state index contributed by atoms with van der Waals surface area (Å²) in [4.78, 5) is 10.5. The van der Waals surface area contributed by atoms with Gasteiger partial charge in [-0.15, -0.1) is 0 Å². The van der Waals surface area contributed by atoms with E-state index in [4.69, 9.17) is 9.84 Å². The predicted molar refractivity (Wildman–Crippen MR) is 51.8 cm³/mol. The van der Waals surface area contributed by atoms with Crippen molar-refractivity contribution < 1.29 is 14.6 Å². The molecular formula is C10H20O3. The Balaban J connectivity index is 3.33. The highest BCUT2D eigenvalue weighted by Crippen LogP contribution is 2.08. The maximum Gasteiger partial charge on any atom is 0.332 e. The first-order valence-electron chi connectivity index (χ1n) is 4.98. The number of hydrogen-bond donors (Lipinski definition) is 1. The van der Waals surface area contributed by atoms with E-state index in [9.17, 15) is 4.79 Å². The molecule has 13 heavy (non-hydrogen) atoms. The molecule has 0 amide bonds. The van der Waals surface area contributed by atoms with Crippen LogP contribution in [0.15, 0.2) is 0 Å². The lowest BCUT2D eigenvalue weighted by atomic mass is 10.1. The number of rotatable bonds is 8. The van der Waals surface area contributed by atoms with Crippen molar-refractivity contribution in [2.24, 2.45) is 0 Å². The maximum absolute atomic E-state index is 10.5. The van der Waals surface area contributed by atoms with Crippen LogP contribution in [0.25, 0.3) is 0 Å². The van der Waals surface area contributed by atoms with Crippen LogP contribution < -0.4 is 0 Å². The van der Waals surface area contributed by atoms with E-state index < -0.39 is 12.1 Å². The summed E-state index contributed by atoms with van der Waals surface area (Å²) in [6.45, 7) is 2.16. The highest BCUT2D eigenvalue weighted by atomic mass is 16.5. The molecule has 1 unspecified atom stereocenters. The minimum absolute atomic E-state index is 0.610. The van der Waals surface area contributed by atoms with E-state index in [-0.39, 0.29) is 0 Å². The lowest BCUT2D eigenvalue weighted by Gasteiger charge is -2.09. The fourth-order valence-corrected chi connectivity index (χ4v) is 1.28. The zero-order valence-corrected chi connectivity index (χ0v) is 8.58. The van der Waals surface area contributed by atoms with Gasteiger partial charge in [0.05, 0.1) is 0 Å². The van der Waals surface area contributed by atoms with E-state index in [0.29, 0.717) is 6.42 Å². The van der Waals surface area contributed by atoms with Crippen molar-refractivity contribution >= 4 is 5.97 Å². The molecule has 0 saturated heterocycles. The van der Waals surface area contributed by atoms with Gasteiger partial charge in [-0.2, -0.15) is 0 Å². The van der Waals surface area contributed by atoms with E-state index >= 15 is 0 Å². The van der Waals surface area contributed by atoms with Crippen LogP contribution in [0.4, 0.5) is 0 Å². The largest absolute Gasteiger partial charge is 0.479 e. The van der Waals surface area contributed by atoms with Crippen molar-refractivity contribution in [2.45, 2.75) is 51.6 Å². The summed E-state index contributed by atoms with van der Waals surface area (Å²) in [5, 5.41) is 8.65. The van der Waals surface area contributed by atoms with E-state index in [2.05, 4.69) is 6.92 Å². The Morgan fingerprint density at radius 1 is 1.31 bits per heavy atom. The van der Waals surface area contributed by atoms with E-state index in [0.717, 1.165) is 12.8 Å². The van der Waals surface area contributed by atoms with Crippen LogP contribution in [0, 0.1) is 0 Å². The number of methoxy groups -OCH3 is 1. The Morgan fingerprint density at radius 3 is 2.38 bits per heavy atom. The second-order valence-corrected chi connectivity index (χ2v) is 3.27. The van der Waals surface area contributed by atoms with Crippen LogP contribution in [0.1, 0.15) is 45.4 Å². The van der Waals surface area contributed by atoms with Crippen molar-refractivity contribution in [1.29, 1.82) is 0 Å². The summed E-state index contributed by atoms with van der Waals surface area (Å²) >= 11 is 0. The van der Waals surface area contributed by atoms with E-state index in [1.165, 1.54) is 26.4 Å². The maximum atomic E-state index is 10.5. The van der Waals surface area contributed by atoms with Gasteiger partial charge in [-0.25, -0.2) is 4.79 Å². The lowest BCUT2D eigenvalue weighted by molar-refractivity contribution is -0.148. The molecule has 3 nitrogen and oxygen atoms in total. The molecule has 0 aromatic heterocycles. The summed E-state index contributed by atoms with van der Waals surface area (Å²) < 4.78 is 4.82. The average Bonchev–Trinajstić information content (AvgIpc) is 2.10. The molecule has 1 atom stereocenters. The van der Waals surface area contributed by atoms with Crippen LogP contribution in [-0.4, -0.2) is 24.3 Å². The number of carboxylic acid groups (broad SMARTS) is 1. The molecule has 0 fully saturated rings. The van der Waals surface area contributed by atoms with Gasteiger partial charge in [-0.3, -0.25) is 0 Å². The quantitative estimate of drug-likeness (QED) is 0.595. The van der Waals surface area contributed by atoms with Crippen molar-refractivity contribution in [3.8, 4) is 0 Å². The highest BCUT2D eigenvalue weighted by molar-refractivity contribution is 5.72. The third kappa shape index (κ3) is 6.58. The molecule has 0 saturated carbocycles. The van der Waals surface area contributed by atoms with Crippen molar-refractivity contribution in [3.05, 3.63) is 0 Å². The first-order chi connectivity index (χ1) is 6.22. The molecular weight excluding hydrogens is 168 g/mol. The minimum atomic E-state index is -0.849. The molecule has 3 heteroatoms. The summed E-state index contributed by atoms with van der Waals surface area (Å²) in [6, 6.07) is 0. The Bertz CT molecular complexity index is 134. The van der Waals surface area contributed by atoms with Crippen LogP contribution in [0.3, 0.4) is 0 Å². The van der Waals surface area contributed by atoms with Gasteiger partial charge in [-0.1, -0.05) is 39.0 Å². The van der Waals surface area contributed by atoms with Crippen molar-refractivity contribution in [1.82, 2.24) is 0 Å². The first kappa shape index (κ1) is 12.4. The van der Waals surface area contributed by atoms with Gasteiger partial charge in [0.1, 0.15) is 0 Å². The Hall–Kier alpha value is -0.570. The summed E-state index contributed by atoms with van der Waals surface area (Å²) in [5.41, 5.74) is 0. The number of ether oxygens (including phenoxy) is 1. The highest BCUT2D eigenvalue weighted by Gasteiger charge is 2.14.